The van der Waals surface area contributed by atoms with Gasteiger partial charge in [0.25, 0.3) is 11.9 Å². The van der Waals surface area contributed by atoms with Crippen molar-refractivity contribution < 1.29 is 19.1 Å². The summed E-state index contributed by atoms with van der Waals surface area (Å²) in [5, 5.41) is 9.19. The minimum absolute atomic E-state index is 0.00642. The molecule has 3 heterocycles. The number of nitrogens with zero attached hydrogens (tertiary/aromatic N) is 4. The van der Waals surface area contributed by atoms with Crippen LogP contribution in [0.4, 0.5) is 5.82 Å². The summed E-state index contributed by atoms with van der Waals surface area (Å²) >= 11 is 0. The van der Waals surface area contributed by atoms with Gasteiger partial charge in [-0.05, 0) is 26.7 Å². The van der Waals surface area contributed by atoms with E-state index in [0.29, 0.717) is 18.0 Å². The van der Waals surface area contributed by atoms with Gasteiger partial charge in [-0.15, -0.1) is 0 Å². The van der Waals surface area contributed by atoms with Crippen LogP contribution in [-0.4, -0.2) is 58.4 Å². The summed E-state index contributed by atoms with van der Waals surface area (Å²) in [6.45, 7) is 7.87. The highest BCUT2D eigenvalue weighted by Gasteiger charge is 2.24. The highest BCUT2D eigenvalue weighted by molar-refractivity contribution is 6.39. The Morgan fingerprint density at radius 3 is 2.78 bits per heavy atom. The maximum Gasteiger partial charge on any atom is 0.314 e. The van der Waals surface area contributed by atoms with Gasteiger partial charge >= 0.3 is 11.8 Å². The predicted octanol–water partition coefficient (Wildman–Crippen LogP) is 0.187. The molecule has 2 aliphatic heterocycles. The number of rotatable bonds is 3. The molecule has 142 valence electrons. The topological polar surface area (TPSA) is 127 Å². The van der Waals surface area contributed by atoms with Crippen molar-refractivity contribution in [2.45, 2.75) is 32.8 Å². The second-order valence-corrected chi connectivity index (χ2v) is 6.27. The second-order valence-electron chi connectivity index (χ2n) is 6.27. The standard InChI is InChI=1S/C17H20N6O4/c1-9-7-13(20-16(26)15(25)18-8-12-5-4-6-27-12)23(22-9)17-19-11(3)10(2)14(24)21-17/h7,12H,2,4-6,8H2,1,3H3,(H,18,25)(H,20,26). The molecule has 10 heteroatoms. The molecule has 0 saturated carbocycles. The number of anilines is 1. The summed E-state index contributed by atoms with van der Waals surface area (Å²) in [5.74, 6) is -2.00. The molecule has 1 aromatic heterocycles. The van der Waals surface area contributed by atoms with Crippen molar-refractivity contribution in [1.82, 2.24) is 15.1 Å². The van der Waals surface area contributed by atoms with Crippen LogP contribution in [0.25, 0.3) is 0 Å². The van der Waals surface area contributed by atoms with Gasteiger partial charge in [0.1, 0.15) is 5.82 Å². The van der Waals surface area contributed by atoms with Crippen LogP contribution in [0.5, 0.6) is 0 Å². The van der Waals surface area contributed by atoms with Gasteiger partial charge < -0.3 is 15.4 Å². The van der Waals surface area contributed by atoms with E-state index in [1.807, 2.05) is 0 Å². The molecule has 1 aromatic rings. The number of hydrogen-bond donors (Lipinski definition) is 2. The SMILES string of the molecule is C=C1C(=O)N=C(n2nc(C)cc2NC(=O)C(=O)NCC2CCCO2)N=C1C. The largest absolute Gasteiger partial charge is 0.376 e. The molecule has 1 saturated heterocycles. The molecule has 0 radical (unpaired) electrons. The zero-order valence-corrected chi connectivity index (χ0v) is 15.1. The predicted molar refractivity (Wildman–Crippen MR) is 97.7 cm³/mol. The fourth-order valence-electron chi connectivity index (χ4n) is 2.66. The first-order valence-corrected chi connectivity index (χ1v) is 8.50. The maximum absolute atomic E-state index is 12.2. The summed E-state index contributed by atoms with van der Waals surface area (Å²) in [5.41, 5.74) is 1.16. The Bertz CT molecular complexity index is 876. The molecule has 1 unspecified atom stereocenters. The number of aryl methyl sites for hydroxylation is 1. The third-order valence-electron chi connectivity index (χ3n) is 4.15. The Balaban J connectivity index is 1.71. The van der Waals surface area contributed by atoms with Gasteiger partial charge in [-0.2, -0.15) is 14.8 Å². The van der Waals surface area contributed by atoms with Crippen LogP contribution in [0.2, 0.25) is 0 Å². The Morgan fingerprint density at radius 1 is 1.33 bits per heavy atom. The molecule has 0 aliphatic carbocycles. The van der Waals surface area contributed by atoms with Crippen LogP contribution in [-0.2, 0) is 19.1 Å². The summed E-state index contributed by atoms with van der Waals surface area (Å²) < 4.78 is 6.60. The summed E-state index contributed by atoms with van der Waals surface area (Å²) in [6, 6.07) is 1.55. The van der Waals surface area contributed by atoms with Gasteiger partial charge in [0.2, 0.25) is 0 Å². The molecule has 2 N–H and O–H groups in total. The van der Waals surface area contributed by atoms with E-state index in [4.69, 9.17) is 4.74 Å². The van der Waals surface area contributed by atoms with Crippen molar-refractivity contribution in [2.75, 3.05) is 18.5 Å². The van der Waals surface area contributed by atoms with Crippen molar-refractivity contribution in [3.63, 3.8) is 0 Å². The van der Waals surface area contributed by atoms with E-state index in [9.17, 15) is 14.4 Å². The molecular weight excluding hydrogens is 352 g/mol. The zero-order valence-electron chi connectivity index (χ0n) is 15.1. The highest BCUT2D eigenvalue weighted by atomic mass is 16.5. The van der Waals surface area contributed by atoms with E-state index in [-0.39, 0.29) is 30.0 Å². The quantitative estimate of drug-likeness (QED) is 0.578. The Morgan fingerprint density at radius 2 is 2.11 bits per heavy atom. The van der Waals surface area contributed by atoms with Crippen molar-refractivity contribution in [3.8, 4) is 0 Å². The van der Waals surface area contributed by atoms with Crippen LogP contribution in [0.15, 0.2) is 28.2 Å². The molecule has 3 amide bonds. The van der Waals surface area contributed by atoms with Crippen LogP contribution in [0.1, 0.15) is 25.5 Å². The van der Waals surface area contributed by atoms with Crippen molar-refractivity contribution in [2.24, 2.45) is 9.98 Å². The monoisotopic (exact) mass is 372 g/mol. The molecule has 2 aliphatic rings. The summed E-state index contributed by atoms with van der Waals surface area (Å²) in [4.78, 5) is 44.1. The molecule has 3 rings (SSSR count). The van der Waals surface area contributed by atoms with Gasteiger partial charge in [0, 0.05) is 19.2 Å². The molecule has 0 spiro atoms. The lowest BCUT2D eigenvalue weighted by Gasteiger charge is -2.13. The molecule has 0 aromatic carbocycles. The lowest BCUT2D eigenvalue weighted by Crippen LogP contribution is -2.40. The van der Waals surface area contributed by atoms with E-state index >= 15 is 0 Å². The van der Waals surface area contributed by atoms with E-state index in [0.717, 1.165) is 12.8 Å². The fourth-order valence-corrected chi connectivity index (χ4v) is 2.66. The van der Waals surface area contributed by atoms with Gasteiger partial charge in [-0.25, -0.2) is 4.99 Å². The van der Waals surface area contributed by atoms with E-state index < -0.39 is 17.7 Å². The Labute approximate surface area is 155 Å². The number of carbonyl (C=O) groups is 3. The zero-order chi connectivity index (χ0) is 19.6. The third-order valence-corrected chi connectivity index (χ3v) is 4.15. The number of aliphatic imine (C=N–C) groups is 2. The fraction of sp³-hybridized carbons (Fsp3) is 0.412. The number of carbonyl (C=O) groups excluding carboxylic acids is 3. The molecule has 1 atom stereocenters. The Hall–Kier alpha value is -3.14. The van der Waals surface area contributed by atoms with E-state index in [2.05, 4.69) is 32.3 Å². The van der Waals surface area contributed by atoms with Crippen molar-refractivity contribution >= 4 is 35.2 Å². The normalized spacial score (nSPS) is 19.6. The average molecular weight is 372 g/mol. The molecule has 0 bridgehead atoms. The van der Waals surface area contributed by atoms with Crippen LogP contribution in [0.3, 0.4) is 0 Å². The van der Waals surface area contributed by atoms with Crippen LogP contribution < -0.4 is 10.6 Å². The first kappa shape index (κ1) is 18.6. The van der Waals surface area contributed by atoms with E-state index in [1.165, 1.54) is 4.68 Å². The third kappa shape index (κ3) is 4.17. The maximum atomic E-state index is 12.2. The number of aromatic nitrogens is 2. The number of nitrogens with one attached hydrogen (secondary N) is 2. The minimum Gasteiger partial charge on any atom is -0.376 e. The average Bonchev–Trinajstić information content (AvgIpc) is 3.26. The number of amides is 3. The first-order valence-electron chi connectivity index (χ1n) is 8.50. The summed E-state index contributed by atoms with van der Waals surface area (Å²) in [7, 11) is 0. The molecule has 10 nitrogen and oxygen atoms in total. The number of hydrogen-bond acceptors (Lipinski definition) is 6. The van der Waals surface area contributed by atoms with Gasteiger partial charge in [-0.1, -0.05) is 6.58 Å². The molecule has 1 fully saturated rings. The van der Waals surface area contributed by atoms with E-state index in [1.54, 1.807) is 19.9 Å². The minimum atomic E-state index is -0.859. The van der Waals surface area contributed by atoms with Crippen molar-refractivity contribution in [3.05, 3.63) is 23.9 Å². The second kappa shape index (κ2) is 7.62. The lowest BCUT2D eigenvalue weighted by molar-refractivity contribution is -0.136. The lowest BCUT2D eigenvalue weighted by atomic mass is 10.2. The van der Waals surface area contributed by atoms with Crippen LogP contribution >= 0.6 is 0 Å². The number of ether oxygens (including phenoxy) is 1. The summed E-state index contributed by atoms with van der Waals surface area (Å²) in [6.07, 6.45) is 1.73. The Kier molecular flexibility index (Phi) is 5.26. The molecular formula is C17H20N6O4. The highest BCUT2D eigenvalue weighted by Crippen LogP contribution is 2.15. The van der Waals surface area contributed by atoms with Crippen molar-refractivity contribution in [1.29, 1.82) is 0 Å². The van der Waals surface area contributed by atoms with Gasteiger partial charge in [0.15, 0.2) is 0 Å². The molecule has 27 heavy (non-hydrogen) atoms. The first-order chi connectivity index (χ1) is 12.8. The smallest absolute Gasteiger partial charge is 0.314 e. The van der Waals surface area contributed by atoms with Gasteiger partial charge in [-0.3, -0.25) is 14.4 Å². The van der Waals surface area contributed by atoms with Gasteiger partial charge in [0.05, 0.1) is 23.1 Å². The van der Waals surface area contributed by atoms with Crippen LogP contribution in [0, 0.1) is 6.92 Å².